The van der Waals surface area contributed by atoms with E-state index in [-0.39, 0.29) is 16.2 Å². The van der Waals surface area contributed by atoms with E-state index < -0.39 is 21.8 Å². The van der Waals surface area contributed by atoms with E-state index in [0.717, 1.165) is 12.0 Å². The van der Waals surface area contributed by atoms with Crippen molar-refractivity contribution in [1.82, 2.24) is 0 Å². The maximum Gasteiger partial charge on any atom is 0.297 e. The smallest absolute Gasteiger partial charge is 0.297 e. The summed E-state index contributed by atoms with van der Waals surface area (Å²) in [5.41, 5.74) is -0.248. The number of benzene rings is 1. The Kier molecular flexibility index (Phi) is 3.74. The minimum Gasteiger partial charge on any atom is -0.387 e. The number of hydrogen-bond donors (Lipinski definition) is 1. The molecule has 0 spiro atoms. The van der Waals surface area contributed by atoms with E-state index in [1.54, 1.807) is 25.1 Å². The molecule has 5 heteroatoms. The van der Waals surface area contributed by atoms with Crippen molar-refractivity contribution >= 4 is 16.2 Å². The van der Waals surface area contributed by atoms with Crippen LogP contribution in [0.4, 0.5) is 0 Å². The van der Waals surface area contributed by atoms with Crippen molar-refractivity contribution in [2.75, 3.05) is 0 Å². The van der Waals surface area contributed by atoms with E-state index in [2.05, 4.69) is 20.4 Å². The van der Waals surface area contributed by atoms with Crippen molar-refractivity contribution in [3.8, 4) is 0 Å². The highest BCUT2D eigenvalue weighted by Crippen LogP contribution is 2.63. The summed E-state index contributed by atoms with van der Waals surface area (Å²) >= 11 is 0. The van der Waals surface area contributed by atoms with Crippen molar-refractivity contribution in [3.63, 3.8) is 0 Å². The van der Waals surface area contributed by atoms with Gasteiger partial charge in [-0.25, -0.2) is 0 Å². The third-order valence-corrected chi connectivity index (χ3v) is 7.31. The molecule has 0 saturated heterocycles. The number of rotatable bonds is 4. The van der Waals surface area contributed by atoms with Gasteiger partial charge in [-0.1, -0.05) is 38.6 Å². The summed E-state index contributed by atoms with van der Waals surface area (Å²) in [5, 5.41) is 10.9. The lowest BCUT2D eigenvalue weighted by atomic mass is 9.43. The second-order valence-corrected chi connectivity index (χ2v) is 9.15. The molecule has 1 N–H and O–H groups in total. The Morgan fingerprint density at radius 1 is 1.22 bits per heavy atom. The highest BCUT2D eigenvalue weighted by Gasteiger charge is 2.64. The lowest BCUT2D eigenvalue weighted by Gasteiger charge is -2.64. The van der Waals surface area contributed by atoms with E-state index in [1.165, 1.54) is 12.1 Å². The van der Waals surface area contributed by atoms with Gasteiger partial charge in [0.05, 0.1) is 10.5 Å². The van der Waals surface area contributed by atoms with E-state index in [4.69, 9.17) is 4.18 Å². The molecule has 4 atom stereocenters. The summed E-state index contributed by atoms with van der Waals surface area (Å²) in [6.07, 6.45) is 2.47. The maximum atomic E-state index is 12.5. The normalized spacial score (nSPS) is 35.4. The third-order valence-electron chi connectivity index (χ3n) is 5.97. The van der Waals surface area contributed by atoms with Crippen LogP contribution < -0.4 is 0 Å². The largest absolute Gasteiger partial charge is 0.387 e. The van der Waals surface area contributed by atoms with Crippen molar-refractivity contribution < 1.29 is 17.7 Å². The maximum absolute atomic E-state index is 12.5. The number of hydrogen-bond acceptors (Lipinski definition) is 4. The number of aliphatic hydroxyl groups is 1. The summed E-state index contributed by atoms with van der Waals surface area (Å²) in [5.74, 6) is 0.466. The molecule has 2 bridgehead atoms. The Balaban J connectivity index is 1.82. The second kappa shape index (κ2) is 5.16. The summed E-state index contributed by atoms with van der Waals surface area (Å²) in [6.45, 7) is 9.63. The molecule has 4 rings (SSSR count). The quantitative estimate of drug-likeness (QED) is 0.858. The highest BCUT2D eigenvalue weighted by atomic mass is 32.2. The molecule has 4 nitrogen and oxygen atoms in total. The Morgan fingerprint density at radius 2 is 1.83 bits per heavy atom. The molecule has 0 heterocycles. The number of fused-ring (bicyclic) bond motifs is 2. The predicted molar refractivity (Wildman–Crippen MR) is 89.2 cm³/mol. The minimum absolute atomic E-state index is 0.0404. The molecule has 3 aliphatic rings. The molecule has 126 valence electrons. The molecule has 0 unspecified atom stereocenters. The Labute approximate surface area is 138 Å². The van der Waals surface area contributed by atoms with Gasteiger partial charge in [0.2, 0.25) is 0 Å². The van der Waals surface area contributed by atoms with Gasteiger partial charge in [-0.05, 0) is 54.7 Å². The molecule has 3 fully saturated rings. The van der Waals surface area contributed by atoms with Gasteiger partial charge in [0.15, 0.2) is 0 Å². The van der Waals surface area contributed by atoms with E-state index >= 15 is 0 Å². The Hall–Kier alpha value is -1.17. The van der Waals surface area contributed by atoms with Crippen LogP contribution >= 0.6 is 0 Å². The van der Waals surface area contributed by atoms with Crippen LogP contribution in [-0.4, -0.2) is 25.2 Å². The zero-order valence-corrected chi connectivity index (χ0v) is 14.6. The minimum atomic E-state index is -3.89. The van der Waals surface area contributed by atoms with E-state index in [1.807, 2.05) is 0 Å². The first-order valence-corrected chi connectivity index (χ1v) is 9.38. The van der Waals surface area contributed by atoms with Crippen LogP contribution in [0.3, 0.4) is 0 Å². The standard InChI is InChI=1S/C18H24O4S/c1-5-12-6-8-14(9-7-12)23(20,21)22-16-11-13-10-15(17(13,2)3)18(16,4)19/h5-9,13,15-16,19H,1,10-11H2,2-4H3/t13-,15-,16+,18-/m0/s1. The average Bonchev–Trinajstić information content (AvgIpc) is 2.48. The fraction of sp³-hybridized carbons (Fsp3) is 0.556. The lowest BCUT2D eigenvalue weighted by Crippen LogP contribution is -2.67. The fourth-order valence-corrected chi connectivity index (χ4v) is 5.40. The van der Waals surface area contributed by atoms with Crippen LogP contribution in [0.15, 0.2) is 35.7 Å². The topological polar surface area (TPSA) is 63.6 Å². The van der Waals surface area contributed by atoms with Gasteiger partial charge in [0.1, 0.15) is 6.10 Å². The van der Waals surface area contributed by atoms with Crippen LogP contribution in [-0.2, 0) is 14.3 Å². The molecule has 3 aliphatic carbocycles. The lowest BCUT2D eigenvalue weighted by molar-refractivity contribution is -0.237. The van der Waals surface area contributed by atoms with Gasteiger partial charge in [-0.15, -0.1) is 0 Å². The predicted octanol–water partition coefficient (Wildman–Crippen LogP) is 3.22. The molecule has 1 aromatic carbocycles. The van der Waals surface area contributed by atoms with Gasteiger partial charge in [-0.3, -0.25) is 4.18 Å². The fourth-order valence-electron chi connectivity index (χ4n) is 4.24. The van der Waals surface area contributed by atoms with Crippen molar-refractivity contribution in [3.05, 3.63) is 36.4 Å². The molecule has 0 aliphatic heterocycles. The van der Waals surface area contributed by atoms with Crippen LogP contribution in [0.25, 0.3) is 6.08 Å². The van der Waals surface area contributed by atoms with Gasteiger partial charge >= 0.3 is 0 Å². The molecule has 3 saturated carbocycles. The monoisotopic (exact) mass is 336 g/mol. The molecule has 0 radical (unpaired) electrons. The SMILES string of the molecule is C=Cc1ccc(S(=O)(=O)O[C@@H]2C[C@@H]3C[C@@H](C3(C)C)[C@]2(C)O)cc1. The highest BCUT2D eigenvalue weighted by molar-refractivity contribution is 7.86. The van der Waals surface area contributed by atoms with Crippen LogP contribution in [0, 0.1) is 17.3 Å². The first-order valence-electron chi connectivity index (χ1n) is 7.97. The summed E-state index contributed by atoms with van der Waals surface area (Å²) in [6, 6.07) is 6.38. The van der Waals surface area contributed by atoms with E-state index in [0.29, 0.717) is 12.3 Å². The summed E-state index contributed by atoms with van der Waals surface area (Å²) in [4.78, 5) is 0.109. The van der Waals surface area contributed by atoms with Crippen molar-refractivity contribution in [2.45, 2.75) is 50.2 Å². The second-order valence-electron chi connectivity index (χ2n) is 7.58. The summed E-state index contributed by atoms with van der Waals surface area (Å²) in [7, 11) is -3.89. The molecule has 0 aromatic heterocycles. The van der Waals surface area contributed by atoms with Gasteiger partial charge in [0, 0.05) is 0 Å². The van der Waals surface area contributed by atoms with E-state index in [9.17, 15) is 13.5 Å². The molecular weight excluding hydrogens is 312 g/mol. The molecule has 1 aromatic rings. The van der Waals surface area contributed by atoms with Gasteiger partial charge < -0.3 is 5.11 Å². The Bertz CT molecular complexity index is 716. The van der Waals surface area contributed by atoms with Crippen LogP contribution in [0.5, 0.6) is 0 Å². The zero-order valence-electron chi connectivity index (χ0n) is 13.8. The zero-order chi connectivity index (χ0) is 17.0. The first kappa shape index (κ1) is 16.7. The first-order chi connectivity index (χ1) is 10.6. The molecular formula is C18H24O4S. The van der Waals surface area contributed by atoms with Gasteiger partial charge in [-0.2, -0.15) is 8.42 Å². The average molecular weight is 336 g/mol. The molecule has 23 heavy (non-hydrogen) atoms. The van der Waals surface area contributed by atoms with Gasteiger partial charge in [0.25, 0.3) is 10.1 Å². The Morgan fingerprint density at radius 3 is 2.30 bits per heavy atom. The van der Waals surface area contributed by atoms with Crippen LogP contribution in [0.1, 0.15) is 39.2 Å². The molecule has 0 amide bonds. The van der Waals surface area contributed by atoms with Crippen molar-refractivity contribution in [2.24, 2.45) is 17.3 Å². The summed E-state index contributed by atoms with van der Waals surface area (Å²) < 4.78 is 30.5. The van der Waals surface area contributed by atoms with Crippen LogP contribution in [0.2, 0.25) is 0 Å². The van der Waals surface area contributed by atoms with Crippen molar-refractivity contribution in [1.29, 1.82) is 0 Å². The third kappa shape index (κ3) is 2.55.